The smallest absolute Gasteiger partial charge is 0.404 e. The molecule has 0 unspecified atom stereocenters. The molecule has 4 aromatic rings. The Morgan fingerprint density at radius 3 is 2.66 bits per heavy atom. The highest BCUT2D eigenvalue weighted by molar-refractivity contribution is 6.08. The number of pyridine rings is 1. The molecule has 3 heterocycles. The predicted octanol–water partition coefficient (Wildman–Crippen LogP) is 3.36. The Kier molecular flexibility index (Phi) is 4.04. The van der Waals surface area contributed by atoms with Crippen molar-refractivity contribution in [3.63, 3.8) is 0 Å². The van der Waals surface area contributed by atoms with Gasteiger partial charge in [-0.15, -0.1) is 0 Å². The Labute approximate surface area is 166 Å². The fourth-order valence-corrected chi connectivity index (χ4v) is 3.86. The van der Waals surface area contributed by atoms with E-state index in [4.69, 9.17) is 9.84 Å². The lowest BCUT2D eigenvalue weighted by atomic mass is 9.89. The number of carboxylic acid groups (broad SMARTS) is 1. The van der Waals surface area contributed by atoms with E-state index >= 15 is 0 Å². The first kappa shape index (κ1) is 17.4. The number of rotatable bonds is 4. The number of hydrogen-bond acceptors (Lipinski definition) is 5. The molecule has 146 valence electrons. The molecule has 5 rings (SSSR count). The zero-order valence-corrected chi connectivity index (χ0v) is 15.7. The van der Waals surface area contributed by atoms with Crippen LogP contribution in [-0.2, 0) is 7.05 Å². The lowest BCUT2D eigenvalue weighted by molar-refractivity contribution is 0.0748. The number of fused-ring (bicyclic) bond motifs is 3. The van der Waals surface area contributed by atoms with E-state index in [1.54, 1.807) is 18.6 Å². The summed E-state index contributed by atoms with van der Waals surface area (Å²) in [5.74, 6) is 0. The second-order valence-corrected chi connectivity index (χ2v) is 7.30. The third-order valence-corrected chi connectivity index (χ3v) is 5.46. The highest BCUT2D eigenvalue weighted by Crippen LogP contribution is 2.31. The quantitative estimate of drug-likeness (QED) is 0.555. The van der Waals surface area contributed by atoms with Crippen molar-refractivity contribution < 1.29 is 14.6 Å². The Bertz CT molecular complexity index is 1210. The fraction of sp³-hybridized carbons (Fsp3) is 0.238. The largest absolute Gasteiger partial charge is 0.465 e. The average molecular weight is 389 g/mol. The molecule has 1 fully saturated rings. The van der Waals surface area contributed by atoms with Gasteiger partial charge in [-0.05, 0) is 17.7 Å². The van der Waals surface area contributed by atoms with Crippen LogP contribution in [0, 0.1) is 0 Å². The van der Waals surface area contributed by atoms with E-state index in [1.165, 1.54) is 0 Å². The molecule has 8 nitrogen and oxygen atoms in total. The fourth-order valence-electron chi connectivity index (χ4n) is 3.86. The minimum Gasteiger partial charge on any atom is -0.465 e. The molecule has 0 atom stereocenters. The Morgan fingerprint density at radius 1 is 1.10 bits per heavy atom. The number of aromatic nitrogens is 4. The van der Waals surface area contributed by atoms with Gasteiger partial charge in [0.15, 0.2) is 0 Å². The summed E-state index contributed by atoms with van der Waals surface area (Å²) in [5.41, 5.74) is 4.19. The SMILES string of the molecule is Cn1c2ccncc2c2ccc(-c3cnc(OC4CC(NC(=O)O)C4)nc3)cc21. The third kappa shape index (κ3) is 3.12. The van der Waals surface area contributed by atoms with Gasteiger partial charge in [0, 0.05) is 72.6 Å². The number of hydrogen-bond donors (Lipinski definition) is 2. The lowest BCUT2D eigenvalue weighted by Crippen LogP contribution is -2.48. The van der Waals surface area contributed by atoms with Crippen LogP contribution in [0.15, 0.2) is 49.1 Å². The van der Waals surface area contributed by atoms with E-state index in [1.807, 2.05) is 19.3 Å². The van der Waals surface area contributed by atoms with E-state index in [2.05, 4.69) is 43.0 Å². The van der Waals surface area contributed by atoms with Gasteiger partial charge in [-0.2, -0.15) is 0 Å². The maximum Gasteiger partial charge on any atom is 0.404 e. The normalized spacial score (nSPS) is 18.5. The minimum atomic E-state index is -1.01. The lowest BCUT2D eigenvalue weighted by Gasteiger charge is -2.34. The van der Waals surface area contributed by atoms with Gasteiger partial charge in [-0.25, -0.2) is 14.8 Å². The standard InChI is InChI=1S/C21H19N5O3/c1-26-18-4-5-22-11-17(18)16-3-2-12(6-19(16)26)13-9-23-20(24-10-13)29-15-7-14(8-15)25-21(27)28/h2-6,9-11,14-15,25H,7-8H2,1H3,(H,27,28). The van der Waals surface area contributed by atoms with Crippen LogP contribution >= 0.6 is 0 Å². The molecule has 0 saturated heterocycles. The number of nitrogens with zero attached hydrogens (tertiary/aromatic N) is 4. The molecule has 1 saturated carbocycles. The maximum atomic E-state index is 10.6. The molecule has 2 N–H and O–H groups in total. The highest BCUT2D eigenvalue weighted by atomic mass is 16.5. The number of amides is 1. The molecule has 1 amide bonds. The van der Waals surface area contributed by atoms with Crippen molar-refractivity contribution in [2.75, 3.05) is 0 Å². The van der Waals surface area contributed by atoms with E-state index in [-0.39, 0.29) is 12.1 Å². The van der Waals surface area contributed by atoms with Crippen molar-refractivity contribution in [2.45, 2.75) is 25.0 Å². The van der Waals surface area contributed by atoms with E-state index < -0.39 is 6.09 Å². The van der Waals surface area contributed by atoms with Gasteiger partial charge in [-0.3, -0.25) is 4.98 Å². The molecule has 0 aliphatic heterocycles. The third-order valence-electron chi connectivity index (χ3n) is 5.46. The molecule has 0 radical (unpaired) electrons. The van der Waals surface area contributed by atoms with Gasteiger partial charge >= 0.3 is 12.1 Å². The number of nitrogens with one attached hydrogen (secondary N) is 1. The van der Waals surface area contributed by atoms with Gasteiger partial charge in [-0.1, -0.05) is 12.1 Å². The topological polar surface area (TPSA) is 102 Å². The molecule has 29 heavy (non-hydrogen) atoms. The molecular weight excluding hydrogens is 370 g/mol. The summed E-state index contributed by atoms with van der Waals surface area (Å²) in [7, 11) is 2.05. The second kappa shape index (κ2) is 6.73. The Balaban J connectivity index is 1.35. The molecule has 1 aromatic carbocycles. The van der Waals surface area contributed by atoms with Gasteiger partial charge in [0.05, 0.1) is 5.52 Å². The first-order chi connectivity index (χ1) is 14.1. The Hall–Kier alpha value is -3.68. The van der Waals surface area contributed by atoms with E-state index in [0.29, 0.717) is 18.9 Å². The van der Waals surface area contributed by atoms with Crippen molar-refractivity contribution in [1.82, 2.24) is 24.8 Å². The second-order valence-electron chi connectivity index (χ2n) is 7.30. The minimum absolute atomic E-state index is 0.0560. The van der Waals surface area contributed by atoms with Gasteiger partial charge in [0.1, 0.15) is 6.10 Å². The number of benzene rings is 1. The molecule has 3 aromatic heterocycles. The monoisotopic (exact) mass is 389 g/mol. The number of aryl methyl sites for hydroxylation is 1. The summed E-state index contributed by atoms with van der Waals surface area (Å²) in [4.78, 5) is 23.5. The van der Waals surface area contributed by atoms with Crippen LogP contribution in [-0.4, -0.2) is 42.9 Å². The van der Waals surface area contributed by atoms with Crippen molar-refractivity contribution in [3.8, 4) is 17.1 Å². The summed E-state index contributed by atoms with van der Waals surface area (Å²) < 4.78 is 7.88. The predicted molar refractivity (Wildman–Crippen MR) is 108 cm³/mol. The van der Waals surface area contributed by atoms with Crippen LogP contribution in [0.2, 0.25) is 0 Å². The Morgan fingerprint density at radius 2 is 1.90 bits per heavy atom. The maximum absolute atomic E-state index is 10.6. The number of carbonyl (C=O) groups is 1. The molecular formula is C21H19N5O3. The summed E-state index contributed by atoms with van der Waals surface area (Å²) in [6.07, 6.45) is 7.39. The first-order valence-corrected chi connectivity index (χ1v) is 9.39. The molecule has 8 heteroatoms. The van der Waals surface area contributed by atoms with Crippen molar-refractivity contribution in [1.29, 1.82) is 0 Å². The molecule has 1 aliphatic carbocycles. The highest BCUT2D eigenvalue weighted by Gasteiger charge is 2.32. The number of ether oxygens (including phenoxy) is 1. The average Bonchev–Trinajstić information content (AvgIpc) is 2.99. The molecule has 1 aliphatic rings. The van der Waals surface area contributed by atoms with Crippen LogP contribution in [0.1, 0.15) is 12.8 Å². The van der Waals surface area contributed by atoms with Gasteiger partial charge in [0.2, 0.25) is 0 Å². The summed E-state index contributed by atoms with van der Waals surface area (Å²) in [5, 5.41) is 13.4. The zero-order valence-electron chi connectivity index (χ0n) is 15.7. The van der Waals surface area contributed by atoms with Gasteiger partial charge in [0.25, 0.3) is 0 Å². The van der Waals surface area contributed by atoms with Crippen LogP contribution in [0.3, 0.4) is 0 Å². The van der Waals surface area contributed by atoms with Crippen LogP contribution in [0.4, 0.5) is 4.79 Å². The van der Waals surface area contributed by atoms with Gasteiger partial charge < -0.3 is 19.7 Å². The van der Waals surface area contributed by atoms with Crippen molar-refractivity contribution in [3.05, 3.63) is 49.1 Å². The molecule has 0 bridgehead atoms. The van der Waals surface area contributed by atoms with Crippen LogP contribution < -0.4 is 10.1 Å². The van der Waals surface area contributed by atoms with Crippen LogP contribution in [0.5, 0.6) is 6.01 Å². The van der Waals surface area contributed by atoms with Crippen molar-refractivity contribution in [2.24, 2.45) is 7.05 Å². The van der Waals surface area contributed by atoms with E-state index in [9.17, 15) is 4.79 Å². The summed E-state index contributed by atoms with van der Waals surface area (Å²) in [6, 6.07) is 8.55. The van der Waals surface area contributed by atoms with Crippen LogP contribution in [0.25, 0.3) is 32.9 Å². The zero-order chi connectivity index (χ0) is 20.0. The first-order valence-electron chi connectivity index (χ1n) is 9.39. The van der Waals surface area contributed by atoms with E-state index in [0.717, 1.165) is 32.9 Å². The summed E-state index contributed by atoms with van der Waals surface area (Å²) in [6.45, 7) is 0. The van der Waals surface area contributed by atoms with Crippen molar-refractivity contribution >= 4 is 27.9 Å². The molecule has 0 spiro atoms. The summed E-state index contributed by atoms with van der Waals surface area (Å²) >= 11 is 0.